The number of ether oxygens (including phenoxy) is 1. The number of amides is 2. The van der Waals surface area contributed by atoms with E-state index in [-0.39, 0.29) is 0 Å². The number of hydrogen-bond acceptors (Lipinski definition) is 4. The van der Waals surface area contributed by atoms with E-state index >= 15 is 0 Å². The number of para-hydroxylation sites is 1. The van der Waals surface area contributed by atoms with E-state index in [1.807, 2.05) is 48.5 Å². The highest BCUT2D eigenvalue weighted by molar-refractivity contribution is 6.39. The normalized spacial score (nSPS) is 10.6. The highest BCUT2D eigenvalue weighted by Gasteiger charge is 2.14. The molecule has 0 bridgehead atoms. The van der Waals surface area contributed by atoms with Crippen LogP contribution >= 0.6 is 11.6 Å². The predicted octanol–water partition coefficient (Wildman–Crippen LogP) is 4.32. The summed E-state index contributed by atoms with van der Waals surface area (Å²) in [5, 5.41) is 6.95. The van der Waals surface area contributed by atoms with Gasteiger partial charge in [-0.15, -0.1) is 0 Å². The molecule has 0 aromatic heterocycles. The molecule has 7 heteroatoms. The summed E-state index contributed by atoms with van der Waals surface area (Å²) in [6, 6.07) is 22.0. The Morgan fingerprint density at radius 3 is 2.50 bits per heavy atom. The molecule has 0 radical (unpaired) electrons. The Bertz CT molecular complexity index is 1070. The standard InChI is InChI=1S/C23H20ClN3O3/c1-16-13-19(24)11-12-20(16)26-22(28)23(29)27-25-14-18-9-5-6-10-21(18)30-15-17-7-3-2-4-8-17/h2-14H,15H2,1H3,(H,26,28)(H,27,29). The van der Waals surface area contributed by atoms with Crippen LogP contribution in [-0.2, 0) is 16.2 Å². The summed E-state index contributed by atoms with van der Waals surface area (Å²) in [6.07, 6.45) is 1.43. The number of carbonyl (C=O) groups excluding carboxylic acids is 2. The van der Waals surface area contributed by atoms with Crippen LogP contribution in [0.4, 0.5) is 5.69 Å². The number of hydrazone groups is 1. The van der Waals surface area contributed by atoms with Crippen molar-refractivity contribution in [1.82, 2.24) is 5.43 Å². The Kier molecular flexibility index (Phi) is 7.19. The summed E-state index contributed by atoms with van der Waals surface area (Å²) >= 11 is 5.89. The zero-order chi connectivity index (χ0) is 21.3. The Balaban J connectivity index is 1.58. The molecule has 6 nitrogen and oxygen atoms in total. The van der Waals surface area contributed by atoms with Gasteiger partial charge in [0.05, 0.1) is 6.21 Å². The Labute approximate surface area is 179 Å². The van der Waals surface area contributed by atoms with Crippen molar-refractivity contribution < 1.29 is 14.3 Å². The van der Waals surface area contributed by atoms with E-state index in [4.69, 9.17) is 16.3 Å². The van der Waals surface area contributed by atoms with Gasteiger partial charge >= 0.3 is 11.8 Å². The van der Waals surface area contributed by atoms with Gasteiger partial charge in [-0.25, -0.2) is 5.43 Å². The summed E-state index contributed by atoms with van der Waals surface area (Å²) in [7, 11) is 0. The lowest BCUT2D eigenvalue weighted by molar-refractivity contribution is -0.136. The molecular weight excluding hydrogens is 402 g/mol. The third kappa shape index (κ3) is 5.93. The fourth-order valence-electron chi connectivity index (χ4n) is 2.61. The van der Waals surface area contributed by atoms with Crippen molar-refractivity contribution in [3.63, 3.8) is 0 Å². The number of rotatable bonds is 6. The molecule has 0 unspecified atom stereocenters. The molecule has 0 atom stereocenters. The maximum Gasteiger partial charge on any atom is 0.329 e. The fourth-order valence-corrected chi connectivity index (χ4v) is 2.84. The second-order valence-corrected chi connectivity index (χ2v) is 6.86. The van der Waals surface area contributed by atoms with Crippen LogP contribution in [0.1, 0.15) is 16.7 Å². The summed E-state index contributed by atoms with van der Waals surface area (Å²) < 4.78 is 5.84. The largest absolute Gasteiger partial charge is 0.488 e. The number of hydrogen-bond donors (Lipinski definition) is 2. The first-order chi connectivity index (χ1) is 14.5. The molecule has 2 N–H and O–H groups in total. The summed E-state index contributed by atoms with van der Waals surface area (Å²) in [5.74, 6) is -1.10. The van der Waals surface area contributed by atoms with Crippen molar-refractivity contribution in [2.75, 3.05) is 5.32 Å². The number of carbonyl (C=O) groups is 2. The van der Waals surface area contributed by atoms with Crippen molar-refractivity contribution in [1.29, 1.82) is 0 Å². The highest BCUT2D eigenvalue weighted by atomic mass is 35.5. The molecule has 2 amide bonds. The number of nitrogens with zero attached hydrogens (tertiary/aromatic N) is 1. The van der Waals surface area contributed by atoms with E-state index < -0.39 is 11.8 Å². The van der Waals surface area contributed by atoms with Crippen LogP contribution in [-0.4, -0.2) is 18.0 Å². The SMILES string of the molecule is Cc1cc(Cl)ccc1NC(=O)C(=O)NN=Cc1ccccc1OCc1ccccc1. The van der Waals surface area contributed by atoms with Crippen molar-refractivity contribution in [3.8, 4) is 5.75 Å². The molecule has 0 saturated heterocycles. The quantitative estimate of drug-likeness (QED) is 0.353. The lowest BCUT2D eigenvalue weighted by Crippen LogP contribution is -2.32. The average Bonchev–Trinajstić information content (AvgIpc) is 2.75. The minimum absolute atomic E-state index is 0.404. The van der Waals surface area contributed by atoms with E-state index in [0.717, 1.165) is 11.1 Å². The lowest BCUT2D eigenvalue weighted by Gasteiger charge is -2.09. The first-order valence-corrected chi connectivity index (χ1v) is 9.57. The van der Waals surface area contributed by atoms with Gasteiger partial charge in [0.2, 0.25) is 0 Å². The first kappa shape index (κ1) is 21.1. The van der Waals surface area contributed by atoms with Gasteiger partial charge in [-0.3, -0.25) is 9.59 Å². The Morgan fingerprint density at radius 2 is 1.73 bits per heavy atom. The lowest BCUT2D eigenvalue weighted by atomic mass is 10.2. The van der Waals surface area contributed by atoms with Crippen LogP contribution < -0.4 is 15.5 Å². The Hall–Kier alpha value is -3.64. The van der Waals surface area contributed by atoms with Gasteiger partial charge < -0.3 is 10.1 Å². The summed E-state index contributed by atoms with van der Waals surface area (Å²) in [5.41, 5.74) is 5.17. The molecule has 0 aliphatic carbocycles. The zero-order valence-electron chi connectivity index (χ0n) is 16.3. The Morgan fingerprint density at radius 1 is 1.00 bits per heavy atom. The van der Waals surface area contributed by atoms with Crippen molar-refractivity contribution in [2.24, 2.45) is 5.10 Å². The number of nitrogens with one attached hydrogen (secondary N) is 2. The zero-order valence-corrected chi connectivity index (χ0v) is 17.0. The monoisotopic (exact) mass is 421 g/mol. The number of aryl methyl sites for hydroxylation is 1. The van der Waals surface area contributed by atoms with Crippen LogP contribution in [0.5, 0.6) is 5.75 Å². The summed E-state index contributed by atoms with van der Waals surface area (Å²) in [4.78, 5) is 24.1. The van der Waals surface area contributed by atoms with Crippen LogP contribution in [0.2, 0.25) is 5.02 Å². The molecular formula is C23H20ClN3O3. The summed E-state index contributed by atoms with van der Waals surface area (Å²) in [6.45, 7) is 2.19. The number of anilines is 1. The second kappa shape index (κ2) is 10.2. The van der Waals surface area contributed by atoms with E-state index in [0.29, 0.717) is 28.6 Å². The molecule has 3 aromatic carbocycles. The molecule has 3 rings (SSSR count). The van der Waals surface area contributed by atoms with Gasteiger partial charge in [-0.05, 0) is 48.4 Å². The van der Waals surface area contributed by atoms with Crippen LogP contribution in [0.15, 0.2) is 77.9 Å². The third-order valence-corrected chi connectivity index (χ3v) is 4.40. The molecule has 30 heavy (non-hydrogen) atoms. The maximum atomic E-state index is 12.1. The van der Waals surface area contributed by atoms with Crippen molar-refractivity contribution in [2.45, 2.75) is 13.5 Å². The van der Waals surface area contributed by atoms with Gasteiger partial charge in [0.15, 0.2) is 0 Å². The van der Waals surface area contributed by atoms with Crippen LogP contribution in [0.25, 0.3) is 0 Å². The smallest absolute Gasteiger partial charge is 0.329 e. The molecule has 0 aliphatic heterocycles. The average molecular weight is 422 g/mol. The topological polar surface area (TPSA) is 79.8 Å². The molecule has 0 fully saturated rings. The van der Waals surface area contributed by atoms with Crippen molar-refractivity contribution in [3.05, 3.63) is 94.5 Å². The van der Waals surface area contributed by atoms with Crippen molar-refractivity contribution >= 4 is 35.3 Å². The van der Waals surface area contributed by atoms with E-state index in [2.05, 4.69) is 15.8 Å². The van der Waals surface area contributed by atoms with E-state index in [9.17, 15) is 9.59 Å². The molecule has 0 spiro atoms. The minimum atomic E-state index is -0.886. The van der Waals surface area contributed by atoms with Gasteiger partial charge in [0.25, 0.3) is 0 Å². The highest BCUT2D eigenvalue weighted by Crippen LogP contribution is 2.19. The first-order valence-electron chi connectivity index (χ1n) is 9.19. The molecule has 3 aromatic rings. The second-order valence-electron chi connectivity index (χ2n) is 6.42. The van der Waals surface area contributed by atoms with Gasteiger partial charge in [0.1, 0.15) is 12.4 Å². The number of benzene rings is 3. The number of halogens is 1. The van der Waals surface area contributed by atoms with Gasteiger partial charge in [0, 0.05) is 16.3 Å². The van der Waals surface area contributed by atoms with Crippen LogP contribution in [0, 0.1) is 6.92 Å². The fraction of sp³-hybridized carbons (Fsp3) is 0.0870. The third-order valence-electron chi connectivity index (χ3n) is 4.17. The molecule has 152 valence electrons. The van der Waals surface area contributed by atoms with Gasteiger partial charge in [-0.1, -0.05) is 54.1 Å². The molecule has 0 heterocycles. The minimum Gasteiger partial charge on any atom is -0.488 e. The molecule has 0 saturated carbocycles. The van der Waals surface area contributed by atoms with E-state index in [1.54, 1.807) is 31.2 Å². The predicted molar refractivity (Wildman–Crippen MR) is 118 cm³/mol. The molecule has 0 aliphatic rings. The van der Waals surface area contributed by atoms with Crippen LogP contribution in [0.3, 0.4) is 0 Å². The maximum absolute atomic E-state index is 12.1. The van der Waals surface area contributed by atoms with E-state index in [1.165, 1.54) is 6.21 Å². The van der Waals surface area contributed by atoms with Gasteiger partial charge in [-0.2, -0.15) is 5.10 Å².